The van der Waals surface area contributed by atoms with Gasteiger partial charge in [0.05, 0.1) is 25.7 Å². The fraction of sp³-hybridized carbons (Fsp3) is 0.235. The maximum Gasteiger partial charge on any atom is 0.321 e. The topological polar surface area (TPSA) is 93.9 Å². The van der Waals surface area contributed by atoms with E-state index >= 15 is 0 Å². The van der Waals surface area contributed by atoms with Crippen molar-refractivity contribution >= 4 is 17.4 Å². The van der Waals surface area contributed by atoms with Crippen LogP contribution in [0.4, 0.5) is 16.2 Å². The Labute approximate surface area is 145 Å². The minimum atomic E-state index is -0.512. The number of non-ortho nitro benzene ring substituents is 1. The molecule has 2 amide bonds. The third-order valence-corrected chi connectivity index (χ3v) is 3.56. The number of nitro groups is 1. The molecule has 0 saturated heterocycles. The zero-order chi connectivity index (χ0) is 18.4. The van der Waals surface area contributed by atoms with E-state index in [-0.39, 0.29) is 5.69 Å². The van der Waals surface area contributed by atoms with Crippen molar-refractivity contribution in [3.63, 3.8) is 0 Å². The van der Waals surface area contributed by atoms with Gasteiger partial charge < -0.3 is 19.7 Å². The highest BCUT2D eigenvalue weighted by Gasteiger charge is 2.14. The molecule has 0 radical (unpaired) electrons. The minimum absolute atomic E-state index is 0.0859. The first-order chi connectivity index (χ1) is 11.9. The number of carbonyl (C=O) groups is 1. The number of nitro benzene ring substituents is 1. The van der Waals surface area contributed by atoms with Crippen molar-refractivity contribution in [2.24, 2.45) is 0 Å². The molecule has 0 saturated carbocycles. The molecule has 0 aliphatic carbocycles. The predicted octanol–water partition coefficient (Wildman–Crippen LogP) is 3.28. The summed E-state index contributed by atoms with van der Waals surface area (Å²) >= 11 is 0. The van der Waals surface area contributed by atoms with Crippen LogP contribution in [-0.2, 0) is 6.54 Å². The van der Waals surface area contributed by atoms with Crippen LogP contribution in [0.2, 0.25) is 0 Å². The van der Waals surface area contributed by atoms with Crippen molar-refractivity contribution in [1.29, 1.82) is 0 Å². The number of nitrogens with one attached hydrogen (secondary N) is 1. The van der Waals surface area contributed by atoms with Crippen molar-refractivity contribution in [3.05, 3.63) is 58.1 Å². The van der Waals surface area contributed by atoms with Gasteiger partial charge in [-0.25, -0.2) is 4.79 Å². The molecular formula is C17H19N3O5. The van der Waals surface area contributed by atoms with Gasteiger partial charge in [0.2, 0.25) is 0 Å². The number of hydrogen-bond acceptors (Lipinski definition) is 5. The summed E-state index contributed by atoms with van der Waals surface area (Å²) in [5.74, 6) is 1.26. The first kappa shape index (κ1) is 18.1. The van der Waals surface area contributed by atoms with Gasteiger partial charge in [0.25, 0.3) is 5.69 Å². The standard InChI is InChI=1S/C17H19N3O5/c1-19(11-12-7-8-15(24-2)10-16(12)25-3)17(21)18-13-5-4-6-14(9-13)20(22)23/h4-10H,11H2,1-3H3,(H,18,21). The molecule has 0 aliphatic heterocycles. The quantitative estimate of drug-likeness (QED) is 0.640. The summed E-state index contributed by atoms with van der Waals surface area (Å²) < 4.78 is 10.5. The molecule has 8 nitrogen and oxygen atoms in total. The lowest BCUT2D eigenvalue weighted by atomic mass is 10.2. The number of methoxy groups -OCH3 is 2. The van der Waals surface area contributed by atoms with E-state index in [2.05, 4.69) is 5.32 Å². The van der Waals surface area contributed by atoms with Crippen molar-refractivity contribution < 1.29 is 19.2 Å². The van der Waals surface area contributed by atoms with Gasteiger partial charge in [-0.3, -0.25) is 10.1 Å². The van der Waals surface area contributed by atoms with Crippen LogP contribution in [0.25, 0.3) is 0 Å². The summed E-state index contributed by atoms with van der Waals surface area (Å²) in [5, 5.41) is 13.4. The number of benzene rings is 2. The lowest BCUT2D eigenvalue weighted by molar-refractivity contribution is -0.384. The van der Waals surface area contributed by atoms with Crippen LogP contribution in [0.3, 0.4) is 0 Å². The van der Waals surface area contributed by atoms with E-state index in [1.807, 2.05) is 6.07 Å². The second kappa shape index (κ2) is 8.00. The van der Waals surface area contributed by atoms with Crippen LogP contribution < -0.4 is 14.8 Å². The maximum absolute atomic E-state index is 12.3. The molecule has 0 spiro atoms. The van der Waals surface area contributed by atoms with Gasteiger partial charge in [-0.15, -0.1) is 0 Å². The third-order valence-electron chi connectivity index (χ3n) is 3.56. The van der Waals surface area contributed by atoms with Crippen molar-refractivity contribution in [1.82, 2.24) is 4.90 Å². The normalized spacial score (nSPS) is 10.0. The molecule has 8 heteroatoms. The van der Waals surface area contributed by atoms with Gasteiger partial charge in [0, 0.05) is 36.5 Å². The van der Waals surface area contributed by atoms with E-state index in [0.29, 0.717) is 23.7 Å². The van der Waals surface area contributed by atoms with Crippen LogP contribution in [0.1, 0.15) is 5.56 Å². The highest BCUT2D eigenvalue weighted by molar-refractivity contribution is 5.89. The second-order valence-electron chi connectivity index (χ2n) is 5.27. The molecule has 2 rings (SSSR count). The van der Waals surface area contributed by atoms with Crippen LogP contribution >= 0.6 is 0 Å². The molecule has 2 aromatic rings. The molecule has 0 atom stereocenters. The monoisotopic (exact) mass is 345 g/mol. The Morgan fingerprint density at radius 1 is 1.20 bits per heavy atom. The molecule has 0 unspecified atom stereocenters. The Kier molecular flexibility index (Phi) is 5.78. The summed E-state index contributed by atoms with van der Waals surface area (Å²) in [4.78, 5) is 24.0. The number of ether oxygens (including phenoxy) is 2. The van der Waals surface area contributed by atoms with E-state index in [9.17, 15) is 14.9 Å². The molecule has 25 heavy (non-hydrogen) atoms. The summed E-state index contributed by atoms with van der Waals surface area (Å²) in [6.45, 7) is 0.300. The van der Waals surface area contributed by atoms with Gasteiger partial charge in [-0.2, -0.15) is 0 Å². The molecule has 0 aliphatic rings. The first-order valence-corrected chi connectivity index (χ1v) is 7.42. The van der Waals surface area contributed by atoms with Crippen LogP contribution in [-0.4, -0.2) is 37.1 Å². The van der Waals surface area contributed by atoms with E-state index < -0.39 is 11.0 Å². The number of carbonyl (C=O) groups excluding carboxylic acids is 1. The van der Waals surface area contributed by atoms with Gasteiger partial charge in [0.15, 0.2) is 0 Å². The average molecular weight is 345 g/mol. The summed E-state index contributed by atoms with van der Waals surface area (Å²) in [6, 6.07) is 10.7. The Morgan fingerprint density at radius 3 is 2.60 bits per heavy atom. The van der Waals surface area contributed by atoms with Crippen LogP contribution in [0.15, 0.2) is 42.5 Å². The number of anilines is 1. The van der Waals surface area contributed by atoms with E-state index in [4.69, 9.17) is 9.47 Å². The zero-order valence-electron chi connectivity index (χ0n) is 14.2. The SMILES string of the molecule is COc1ccc(CN(C)C(=O)Nc2cccc([N+](=O)[O-])c2)c(OC)c1. The van der Waals surface area contributed by atoms with Crippen molar-refractivity contribution in [3.8, 4) is 11.5 Å². The Balaban J connectivity index is 2.08. The first-order valence-electron chi connectivity index (χ1n) is 7.42. The molecular weight excluding hydrogens is 326 g/mol. The van der Waals surface area contributed by atoms with Crippen LogP contribution in [0.5, 0.6) is 11.5 Å². The number of hydrogen-bond donors (Lipinski definition) is 1. The number of urea groups is 1. The van der Waals surface area contributed by atoms with Crippen LogP contribution in [0, 0.1) is 10.1 Å². The predicted molar refractivity (Wildman–Crippen MR) is 93.1 cm³/mol. The van der Waals surface area contributed by atoms with E-state index in [1.54, 1.807) is 39.5 Å². The summed E-state index contributed by atoms with van der Waals surface area (Å²) in [7, 11) is 4.73. The largest absolute Gasteiger partial charge is 0.497 e. The molecule has 1 N–H and O–H groups in total. The highest BCUT2D eigenvalue weighted by Crippen LogP contribution is 2.25. The number of nitrogens with zero attached hydrogens (tertiary/aromatic N) is 2. The van der Waals surface area contributed by atoms with E-state index in [1.165, 1.54) is 23.1 Å². The molecule has 132 valence electrons. The van der Waals surface area contributed by atoms with Gasteiger partial charge in [-0.1, -0.05) is 6.07 Å². The molecule has 0 fully saturated rings. The van der Waals surface area contributed by atoms with Crippen molar-refractivity contribution in [2.45, 2.75) is 6.54 Å². The van der Waals surface area contributed by atoms with Gasteiger partial charge >= 0.3 is 6.03 Å². The average Bonchev–Trinajstić information content (AvgIpc) is 2.62. The highest BCUT2D eigenvalue weighted by atomic mass is 16.6. The van der Waals surface area contributed by atoms with E-state index in [0.717, 1.165) is 5.56 Å². The van der Waals surface area contributed by atoms with Gasteiger partial charge in [-0.05, 0) is 18.2 Å². The smallest absolute Gasteiger partial charge is 0.321 e. The lowest BCUT2D eigenvalue weighted by Gasteiger charge is -2.19. The molecule has 0 bridgehead atoms. The summed E-state index contributed by atoms with van der Waals surface area (Å²) in [6.07, 6.45) is 0. The van der Waals surface area contributed by atoms with Crippen molar-refractivity contribution in [2.75, 3.05) is 26.6 Å². The second-order valence-corrected chi connectivity index (χ2v) is 5.27. The number of rotatable bonds is 6. The lowest BCUT2D eigenvalue weighted by Crippen LogP contribution is -2.31. The number of amides is 2. The Hall–Kier alpha value is -3.29. The molecule has 0 aromatic heterocycles. The zero-order valence-corrected chi connectivity index (χ0v) is 14.2. The maximum atomic E-state index is 12.3. The Morgan fingerprint density at radius 2 is 1.96 bits per heavy atom. The Bertz CT molecular complexity index is 779. The fourth-order valence-electron chi connectivity index (χ4n) is 2.23. The molecule has 0 heterocycles. The van der Waals surface area contributed by atoms with Gasteiger partial charge in [0.1, 0.15) is 11.5 Å². The summed E-state index contributed by atoms with van der Waals surface area (Å²) in [5.41, 5.74) is 1.07. The third kappa shape index (κ3) is 4.60. The minimum Gasteiger partial charge on any atom is -0.497 e. The molecule has 2 aromatic carbocycles. The fourth-order valence-corrected chi connectivity index (χ4v) is 2.23.